The van der Waals surface area contributed by atoms with Gasteiger partial charge in [0.15, 0.2) is 0 Å². The van der Waals surface area contributed by atoms with Crippen molar-refractivity contribution in [1.82, 2.24) is 0 Å². The fourth-order valence-electron chi connectivity index (χ4n) is 2.00. The number of carbonyl (C=O) groups is 2. The number of hydrogen-bond donors (Lipinski definition) is 2. The van der Waals surface area contributed by atoms with Crippen molar-refractivity contribution < 1.29 is 18.8 Å². The van der Waals surface area contributed by atoms with Gasteiger partial charge < -0.3 is 15.0 Å². The van der Waals surface area contributed by atoms with Gasteiger partial charge >= 0.3 is 5.97 Å². The van der Waals surface area contributed by atoms with Crippen molar-refractivity contribution >= 4 is 28.9 Å². The summed E-state index contributed by atoms with van der Waals surface area (Å²) in [4.78, 5) is 28.5. The number of anilines is 2. The molecule has 0 saturated carbocycles. The highest BCUT2D eigenvalue weighted by molar-refractivity contribution is 5.99. The smallest absolute Gasteiger partial charge is 0.398 e. The zero-order chi connectivity index (χ0) is 18.4. The molecule has 8 nitrogen and oxygen atoms in total. The Kier molecular flexibility index (Phi) is 5.04. The minimum Gasteiger partial charge on any atom is -0.457 e. The zero-order valence-corrected chi connectivity index (χ0v) is 13.5. The molecule has 1 heterocycles. The van der Waals surface area contributed by atoms with Gasteiger partial charge in [0, 0.05) is 5.69 Å². The number of rotatable bonds is 5. The minimum absolute atomic E-state index is 0.0848. The molecule has 0 aliphatic rings. The highest BCUT2D eigenvalue weighted by Crippen LogP contribution is 2.18. The third-order valence-corrected chi connectivity index (χ3v) is 3.30. The highest BCUT2D eigenvalue weighted by Gasteiger charge is 2.10. The van der Waals surface area contributed by atoms with E-state index in [0.29, 0.717) is 22.6 Å². The summed E-state index contributed by atoms with van der Waals surface area (Å²) in [6.07, 6.45) is 1.38. The van der Waals surface area contributed by atoms with Crippen LogP contribution in [0.5, 0.6) is 0 Å². The summed E-state index contributed by atoms with van der Waals surface area (Å²) in [5.41, 5.74) is 9.82. The van der Waals surface area contributed by atoms with Crippen molar-refractivity contribution in [2.75, 3.05) is 11.2 Å². The number of hydrogen-bond acceptors (Lipinski definition) is 7. The van der Waals surface area contributed by atoms with Crippen molar-refractivity contribution in [3.63, 3.8) is 0 Å². The Labute approximate surface area is 148 Å². The van der Waals surface area contributed by atoms with Crippen molar-refractivity contribution in [3.05, 3.63) is 78.3 Å². The molecule has 26 heavy (non-hydrogen) atoms. The summed E-state index contributed by atoms with van der Waals surface area (Å²) in [6.45, 7) is 0. The van der Waals surface area contributed by atoms with Crippen molar-refractivity contribution in [2.24, 2.45) is 10.2 Å². The summed E-state index contributed by atoms with van der Waals surface area (Å²) in [7, 11) is 0. The first-order valence-corrected chi connectivity index (χ1v) is 7.55. The average molecular weight is 350 g/mol. The van der Waals surface area contributed by atoms with Crippen molar-refractivity contribution in [2.45, 2.75) is 0 Å². The number of carbonyl (C=O) groups excluding carboxylic acids is 2. The summed E-state index contributed by atoms with van der Waals surface area (Å²) in [5.74, 6) is -1.09. The fraction of sp³-hybridized carbons (Fsp3) is 0. The van der Waals surface area contributed by atoms with Gasteiger partial charge in [-0.2, -0.15) is 0 Å². The van der Waals surface area contributed by atoms with E-state index in [0.717, 1.165) is 0 Å². The van der Waals surface area contributed by atoms with Crippen molar-refractivity contribution in [1.29, 1.82) is 0 Å². The molecular weight excluding hydrogens is 336 g/mol. The zero-order valence-electron chi connectivity index (χ0n) is 13.5. The Morgan fingerprint density at radius 2 is 1.77 bits per heavy atom. The van der Waals surface area contributed by atoms with E-state index < -0.39 is 11.9 Å². The van der Waals surface area contributed by atoms with Crippen LogP contribution < -0.4 is 11.2 Å². The second-order valence-electron chi connectivity index (χ2n) is 5.11. The van der Waals surface area contributed by atoms with E-state index in [1.54, 1.807) is 54.6 Å². The number of azo groups is 1. The largest absolute Gasteiger partial charge is 0.457 e. The molecule has 3 rings (SSSR count). The maximum Gasteiger partial charge on any atom is 0.398 e. The maximum atomic E-state index is 12.0. The molecule has 0 aliphatic heterocycles. The van der Waals surface area contributed by atoms with Crippen LogP contribution in [-0.4, -0.2) is 11.9 Å². The second-order valence-corrected chi connectivity index (χ2v) is 5.11. The number of nitrogens with one attached hydrogen (secondary N) is 1. The molecule has 1 amide bonds. The highest BCUT2D eigenvalue weighted by atomic mass is 16.7. The molecule has 3 N–H and O–H groups in total. The van der Waals surface area contributed by atoms with Crippen LogP contribution in [0.4, 0.5) is 17.1 Å². The normalized spacial score (nSPS) is 10.6. The number of nitrogen functional groups attached to an aromatic ring is 1. The number of para-hydroxylation sites is 1. The molecule has 2 aromatic carbocycles. The standard InChI is InChI=1S/C18H14N4O4/c19-15-5-2-1-4-14(15)17(23)21-20-12-7-9-13(10-8-12)22-26-18(24)16-6-3-11-25-16/h1-11,22H,19H2. The predicted molar refractivity (Wildman–Crippen MR) is 93.9 cm³/mol. The van der Waals surface area contributed by atoms with Gasteiger partial charge in [-0.1, -0.05) is 12.1 Å². The van der Waals surface area contributed by atoms with E-state index in [-0.39, 0.29) is 5.76 Å². The molecule has 0 fully saturated rings. The number of benzene rings is 2. The predicted octanol–water partition coefficient (Wildman–Crippen LogP) is 3.97. The summed E-state index contributed by atoms with van der Waals surface area (Å²) in [5, 5.41) is 7.52. The lowest BCUT2D eigenvalue weighted by Crippen LogP contribution is -2.09. The van der Waals surface area contributed by atoms with E-state index in [4.69, 9.17) is 15.0 Å². The SMILES string of the molecule is Nc1ccccc1C(=O)N=Nc1ccc(NOC(=O)c2ccco2)cc1. The van der Waals surface area contributed by atoms with Crippen LogP contribution in [0.2, 0.25) is 0 Å². The van der Waals surface area contributed by atoms with Gasteiger partial charge in [0.25, 0.3) is 5.91 Å². The van der Waals surface area contributed by atoms with Gasteiger partial charge in [0.1, 0.15) is 0 Å². The molecule has 130 valence electrons. The Morgan fingerprint density at radius 3 is 2.46 bits per heavy atom. The molecular formula is C18H14N4O4. The lowest BCUT2D eigenvalue weighted by atomic mass is 10.2. The molecule has 1 aromatic heterocycles. The minimum atomic E-state index is -0.648. The van der Waals surface area contributed by atoms with E-state index in [2.05, 4.69) is 15.7 Å². The van der Waals surface area contributed by atoms with Crippen LogP contribution in [0, 0.1) is 0 Å². The van der Waals surface area contributed by atoms with Crippen LogP contribution >= 0.6 is 0 Å². The average Bonchev–Trinajstić information content (AvgIpc) is 3.20. The van der Waals surface area contributed by atoms with Crippen LogP contribution in [0.3, 0.4) is 0 Å². The Balaban J connectivity index is 1.58. The third kappa shape index (κ3) is 4.12. The summed E-state index contributed by atoms with van der Waals surface area (Å²) >= 11 is 0. The van der Waals surface area contributed by atoms with Gasteiger partial charge in [-0.3, -0.25) is 4.79 Å². The van der Waals surface area contributed by atoms with Crippen LogP contribution in [0.1, 0.15) is 20.9 Å². The van der Waals surface area contributed by atoms with E-state index in [1.807, 2.05) is 0 Å². The van der Waals surface area contributed by atoms with Gasteiger partial charge in [0.05, 0.1) is 23.2 Å². The van der Waals surface area contributed by atoms with E-state index in [1.165, 1.54) is 12.3 Å². The molecule has 0 unspecified atom stereocenters. The van der Waals surface area contributed by atoms with E-state index >= 15 is 0 Å². The Morgan fingerprint density at radius 1 is 1.00 bits per heavy atom. The molecule has 0 saturated heterocycles. The fourth-order valence-corrected chi connectivity index (χ4v) is 2.00. The molecule has 0 bridgehead atoms. The topological polar surface area (TPSA) is 119 Å². The van der Waals surface area contributed by atoms with Crippen LogP contribution in [0.15, 0.2) is 81.6 Å². The third-order valence-electron chi connectivity index (χ3n) is 3.30. The first kappa shape index (κ1) is 16.9. The van der Waals surface area contributed by atoms with Gasteiger partial charge in [0.2, 0.25) is 5.76 Å². The molecule has 0 aliphatic carbocycles. The molecule has 3 aromatic rings. The lowest BCUT2D eigenvalue weighted by molar-refractivity contribution is 0.0560. The van der Waals surface area contributed by atoms with Gasteiger partial charge in [-0.25, -0.2) is 10.3 Å². The second kappa shape index (κ2) is 7.75. The first-order chi connectivity index (χ1) is 12.6. The molecule has 0 spiro atoms. The molecule has 0 radical (unpaired) electrons. The number of furan rings is 1. The van der Waals surface area contributed by atoms with E-state index in [9.17, 15) is 9.59 Å². The number of nitrogens with zero attached hydrogens (tertiary/aromatic N) is 2. The first-order valence-electron chi connectivity index (χ1n) is 7.55. The van der Waals surface area contributed by atoms with Crippen LogP contribution in [0.25, 0.3) is 0 Å². The summed E-state index contributed by atoms with van der Waals surface area (Å²) in [6, 6.07) is 16.1. The van der Waals surface area contributed by atoms with Crippen LogP contribution in [-0.2, 0) is 4.84 Å². The molecule has 0 atom stereocenters. The lowest BCUT2D eigenvalue weighted by Gasteiger charge is -2.05. The number of amides is 1. The quantitative estimate of drug-likeness (QED) is 0.408. The Bertz CT molecular complexity index is 934. The molecule has 8 heteroatoms. The number of nitrogens with two attached hydrogens (primary N) is 1. The monoisotopic (exact) mass is 350 g/mol. The maximum absolute atomic E-state index is 12.0. The Hall–Kier alpha value is -3.94. The van der Waals surface area contributed by atoms with Gasteiger partial charge in [-0.05, 0) is 48.5 Å². The van der Waals surface area contributed by atoms with Gasteiger partial charge in [-0.15, -0.1) is 10.2 Å². The van der Waals surface area contributed by atoms with Crippen molar-refractivity contribution in [3.8, 4) is 0 Å². The summed E-state index contributed by atoms with van der Waals surface area (Å²) < 4.78 is 4.92.